The zero-order chi connectivity index (χ0) is 12.0. The van der Waals surface area contributed by atoms with Gasteiger partial charge in [-0.3, -0.25) is 4.99 Å². The van der Waals surface area contributed by atoms with Crippen molar-refractivity contribution < 1.29 is 0 Å². The number of hydrogen-bond acceptors (Lipinski definition) is 1. The molecule has 0 heterocycles. The van der Waals surface area contributed by atoms with E-state index in [1.54, 1.807) is 0 Å². The van der Waals surface area contributed by atoms with Gasteiger partial charge in [-0.05, 0) is 32.1 Å². The van der Waals surface area contributed by atoms with Crippen LogP contribution in [0.15, 0.2) is 4.99 Å². The van der Waals surface area contributed by atoms with Crippen LogP contribution in [0.4, 0.5) is 0 Å². The highest BCUT2D eigenvalue weighted by Gasteiger charge is 2.25. The van der Waals surface area contributed by atoms with Crippen LogP contribution in [0.3, 0.4) is 0 Å². The molecular weight excluding hydrogens is 325 g/mol. The van der Waals surface area contributed by atoms with Gasteiger partial charge in [0.05, 0.1) is 0 Å². The van der Waals surface area contributed by atoms with Gasteiger partial charge in [-0.2, -0.15) is 0 Å². The molecule has 0 amide bonds. The molecule has 0 aromatic heterocycles. The summed E-state index contributed by atoms with van der Waals surface area (Å²) in [5, 5.41) is 3.14. The standard InChI is InChI=1S/C13H27N3.HI/c1-11(2)16-12(14)15-10-13(3)8-6-4-5-7-9-13;/h11H,4-10H2,1-3H3,(H3,14,15,16);1H. The molecule has 0 atom stereocenters. The van der Waals surface area contributed by atoms with Crippen LogP contribution in [0.5, 0.6) is 0 Å². The average Bonchev–Trinajstić information content (AvgIpc) is 2.40. The van der Waals surface area contributed by atoms with Crippen molar-refractivity contribution in [1.82, 2.24) is 5.32 Å². The predicted molar refractivity (Wildman–Crippen MR) is 86.0 cm³/mol. The van der Waals surface area contributed by atoms with E-state index in [0.29, 0.717) is 17.4 Å². The summed E-state index contributed by atoms with van der Waals surface area (Å²) in [4.78, 5) is 4.48. The number of hydrogen-bond donors (Lipinski definition) is 2. The van der Waals surface area contributed by atoms with Crippen LogP contribution in [0.25, 0.3) is 0 Å². The van der Waals surface area contributed by atoms with Crippen molar-refractivity contribution in [3.8, 4) is 0 Å². The molecule has 0 radical (unpaired) electrons. The summed E-state index contributed by atoms with van der Waals surface area (Å²) >= 11 is 0. The third kappa shape index (κ3) is 7.11. The Kier molecular flexibility index (Phi) is 8.16. The molecule has 3 N–H and O–H groups in total. The lowest BCUT2D eigenvalue weighted by Crippen LogP contribution is -2.37. The minimum Gasteiger partial charge on any atom is -0.370 e. The average molecular weight is 353 g/mol. The van der Waals surface area contributed by atoms with E-state index in [9.17, 15) is 0 Å². The highest BCUT2D eigenvalue weighted by molar-refractivity contribution is 14.0. The maximum atomic E-state index is 5.83. The number of nitrogens with two attached hydrogens (primary N) is 1. The second kappa shape index (κ2) is 8.16. The molecule has 1 rings (SSSR count). The van der Waals surface area contributed by atoms with Crippen LogP contribution >= 0.6 is 24.0 Å². The minimum atomic E-state index is 0. The Labute approximate surface area is 123 Å². The molecule has 0 aromatic carbocycles. The fourth-order valence-corrected chi connectivity index (χ4v) is 2.36. The maximum Gasteiger partial charge on any atom is 0.188 e. The first-order chi connectivity index (χ1) is 7.52. The first kappa shape index (κ1) is 17.0. The number of rotatable bonds is 3. The van der Waals surface area contributed by atoms with Crippen molar-refractivity contribution in [3.05, 3.63) is 0 Å². The first-order valence-electron chi connectivity index (χ1n) is 6.58. The van der Waals surface area contributed by atoms with Gasteiger partial charge in [0.25, 0.3) is 0 Å². The second-order valence-electron chi connectivity index (χ2n) is 5.73. The van der Waals surface area contributed by atoms with Crippen LogP contribution in [0, 0.1) is 5.41 Å². The zero-order valence-electron chi connectivity index (χ0n) is 11.5. The van der Waals surface area contributed by atoms with Crippen LogP contribution in [0.1, 0.15) is 59.3 Å². The highest BCUT2D eigenvalue weighted by atomic mass is 127. The molecular formula is C13H28IN3. The Balaban J connectivity index is 0.00000256. The first-order valence-corrected chi connectivity index (χ1v) is 6.58. The lowest BCUT2D eigenvalue weighted by atomic mass is 9.83. The summed E-state index contributed by atoms with van der Waals surface area (Å²) in [5.74, 6) is 0.598. The third-order valence-electron chi connectivity index (χ3n) is 3.38. The van der Waals surface area contributed by atoms with Gasteiger partial charge in [-0.15, -0.1) is 24.0 Å². The van der Waals surface area contributed by atoms with Gasteiger partial charge in [0.15, 0.2) is 5.96 Å². The van der Waals surface area contributed by atoms with Crippen molar-refractivity contribution in [3.63, 3.8) is 0 Å². The Hall–Kier alpha value is 0. The van der Waals surface area contributed by atoms with Gasteiger partial charge in [-0.1, -0.05) is 32.6 Å². The molecule has 102 valence electrons. The lowest BCUT2D eigenvalue weighted by Gasteiger charge is -2.26. The molecule has 3 nitrogen and oxygen atoms in total. The molecule has 4 heteroatoms. The molecule has 0 aliphatic heterocycles. The Morgan fingerprint density at radius 3 is 2.24 bits per heavy atom. The Morgan fingerprint density at radius 2 is 1.76 bits per heavy atom. The van der Waals surface area contributed by atoms with E-state index >= 15 is 0 Å². The molecule has 0 bridgehead atoms. The smallest absolute Gasteiger partial charge is 0.188 e. The largest absolute Gasteiger partial charge is 0.370 e. The summed E-state index contributed by atoms with van der Waals surface area (Å²) in [7, 11) is 0. The molecule has 17 heavy (non-hydrogen) atoms. The van der Waals surface area contributed by atoms with Crippen molar-refractivity contribution >= 4 is 29.9 Å². The third-order valence-corrected chi connectivity index (χ3v) is 3.38. The molecule has 0 saturated heterocycles. The fraction of sp³-hybridized carbons (Fsp3) is 0.923. The van der Waals surface area contributed by atoms with E-state index in [1.165, 1.54) is 38.5 Å². The number of nitrogens with one attached hydrogen (secondary N) is 1. The topological polar surface area (TPSA) is 50.4 Å². The predicted octanol–water partition coefficient (Wildman–Crippen LogP) is 3.28. The quantitative estimate of drug-likeness (QED) is 0.354. The van der Waals surface area contributed by atoms with Crippen LogP contribution < -0.4 is 11.1 Å². The van der Waals surface area contributed by atoms with Gasteiger partial charge in [0, 0.05) is 12.6 Å². The van der Waals surface area contributed by atoms with E-state index in [1.807, 2.05) is 0 Å². The highest BCUT2D eigenvalue weighted by Crippen LogP contribution is 2.34. The number of halogens is 1. The fourth-order valence-electron chi connectivity index (χ4n) is 2.36. The van der Waals surface area contributed by atoms with Crippen molar-refractivity contribution in [1.29, 1.82) is 0 Å². The number of nitrogens with zero attached hydrogens (tertiary/aromatic N) is 1. The summed E-state index contributed by atoms with van der Waals surface area (Å²) in [6.07, 6.45) is 8.07. The van der Waals surface area contributed by atoms with E-state index in [2.05, 4.69) is 31.1 Å². The molecule has 0 spiro atoms. The molecule has 0 unspecified atom stereocenters. The number of guanidine groups is 1. The van der Waals surface area contributed by atoms with Gasteiger partial charge >= 0.3 is 0 Å². The zero-order valence-corrected chi connectivity index (χ0v) is 13.8. The Morgan fingerprint density at radius 1 is 1.24 bits per heavy atom. The van der Waals surface area contributed by atoms with Crippen LogP contribution in [-0.2, 0) is 0 Å². The van der Waals surface area contributed by atoms with Gasteiger partial charge < -0.3 is 11.1 Å². The minimum absolute atomic E-state index is 0. The summed E-state index contributed by atoms with van der Waals surface area (Å²) in [6, 6.07) is 0.366. The van der Waals surface area contributed by atoms with Crippen LogP contribution in [0.2, 0.25) is 0 Å². The molecule has 1 aliphatic rings. The van der Waals surface area contributed by atoms with E-state index in [0.717, 1.165) is 6.54 Å². The van der Waals surface area contributed by atoms with Crippen molar-refractivity contribution in [2.75, 3.05) is 6.54 Å². The monoisotopic (exact) mass is 353 g/mol. The lowest BCUT2D eigenvalue weighted by molar-refractivity contribution is 0.290. The van der Waals surface area contributed by atoms with Gasteiger partial charge in [0.1, 0.15) is 0 Å². The van der Waals surface area contributed by atoms with E-state index in [-0.39, 0.29) is 24.0 Å². The SMILES string of the molecule is CC(C)NC(N)=NCC1(C)CCCCCC1.I. The van der Waals surface area contributed by atoms with E-state index in [4.69, 9.17) is 5.73 Å². The molecule has 1 saturated carbocycles. The van der Waals surface area contributed by atoms with Gasteiger partial charge in [-0.25, -0.2) is 0 Å². The second-order valence-corrected chi connectivity index (χ2v) is 5.73. The molecule has 1 fully saturated rings. The van der Waals surface area contributed by atoms with Crippen LogP contribution in [-0.4, -0.2) is 18.5 Å². The summed E-state index contributed by atoms with van der Waals surface area (Å²) in [6.45, 7) is 7.38. The van der Waals surface area contributed by atoms with Crippen molar-refractivity contribution in [2.45, 2.75) is 65.3 Å². The molecule has 1 aliphatic carbocycles. The summed E-state index contributed by atoms with van der Waals surface area (Å²) < 4.78 is 0. The normalized spacial score (nSPS) is 20.6. The summed E-state index contributed by atoms with van der Waals surface area (Å²) in [5.41, 5.74) is 6.20. The van der Waals surface area contributed by atoms with Crippen molar-refractivity contribution in [2.24, 2.45) is 16.1 Å². The molecule has 0 aromatic rings. The Bertz CT molecular complexity index is 231. The van der Waals surface area contributed by atoms with E-state index < -0.39 is 0 Å². The van der Waals surface area contributed by atoms with Gasteiger partial charge in [0.2, 0.25) is 0 Å². The maximum absolute atomic E-state index is 5.83. The number of aliphatic imine (C=N–C) groups is 1.